The Hall–Kier alpha value is -1.06. The number of para-hydroxylation sites is 1. The zero-order chi connectivity index (χ0) is 10.9. The first-order valence-corrected chi connectivity index (χ1v) is 5.29. The minimum atomic E-state index is -0.0987. The fourth-order valence-electron chi connectivity index (χ4n) is 1.95. The second-order valence-corrected chi connectivity index (χ2v) is 4.60. The van der Waals surface area contributed by atoms with Crippen LogP contribution in [0.25, 0.3) is 0 Å². The Balaban J connectivity index is 2.36. The summed E-state index contributed by atoms with van der Waals surface area (Å²) in [6.07, 6.45) is 2.08. The van der Waals surface area contributed by atoms with Crippen molar-refractivity contribution in [2.45, 2.75) is 38.8 Å². The van der Waals surface area contributed by atoms with Gasteiger partial charge in [0.2, 0.25) is 0 Å². The Bertz CT molecular complexity index is 361. The maximum atomic E-state index is 8.75. The van der Waals surface area contributed by atoms with Gasteiger partial charge in [-0.25, -0.2) is 5.48 Å². The second kappa shape index (κ2) is 3.83. The van der Waals surface area contributed by atoms with Crippen LogP contribution in [-0.4, -0.2) is 10.8 Å². The van der Waals surface area contributed by atoms with Gasteiger partial charge in [-0.2, -0.15) is 0 Å². The van der Waals surface area contributed by atoms with Crippen LogP contribution in [-0.2, 0) is 13.0 Å². The first-order valence-electron chi connectivity index (χ1n) is 5.29. The van der Waals surface area contributed by atoms with Crippen LogP contribution in [0.5, 0.6) is 5.75 Å². The van der Waals surface area contributed by atoms with Gasteiger partial charge in [0.05, 0.1) is 0 Å². The molecule has 0 aliphatic carbocycles. The molecule has 1 aromatic carbocycles. The molecule has 0 amide bonds. The summed E-state index contributed by atoms with van der Waals surface area (Å²) < 4.78 is 5.95. The number of hydrogen-bond acceptors (Lipinski definition) is 3. The van der Waals surface area contributed by atoms with Crippen LogP contribution >= 0.6 is 0 Å². The third kappa shape index (κ3) is 2.13. The fraction of sp³-hybridized carbons (Fsp3) is 0.500. The zero-order valence-corrected chi connectivity index (χ0v) is 9.21. The predicted octanol–water partition coefficient (Wildman–Crippen LogP) is 2.27. The molecule has 0 unspecified atom stereocenters. The maximum Gasteiger partial charge on any atom is 0.127 e. The van der Waals surface area contributed by atoms with Crippen molar-refractivity contribution in [1.82, 2.24) is 5.48 Å². The van der Waals surface area contributed by atoms with Gasteiger partial charge in [0.15, 0.2) is 0 Å². The van der Waals surface area contributed by atoms with Crippen LogP contribution in [0.4, 0.5) is 0 Å². The Morgan fingerprint density at radius 1 is 1.47 bits per heavy atom. The first kappa shape index (κ1) is 10.5. The van der Waals surface area contributed by atoms with Gasteiger partial charge in [-0.3, -0.25) is 0 Å². The minimum Gasteiger partial charge on any atom is -0.487 e. The second-order valence-electron chi connectivity index (χ2n) is 4.60. The van der Waals surface area contributed by atoms with Gasteiger partial charge in [-0.15, -0.1) is 0 Å². The molecule has 0 atom stereocenters. The number of rotatable bonds is 2. The van der Waals surface area contributed by atoms with E-state index in [0.29, 0.717) is 6.54 Å². The summed E-state index contributed by atoms with van der Waals surface area (Å²) in [4.78, 5) is 0. The van der Waals surface area contributed by atoms with Gasteiger partial charge >= 0.3 is 0 Å². The van der Waals surface area contributed by atoms with Crippen molar-refractivity contribution in [3.8, 4) is 5.75 Å². The zero-order valence-electron chi connectivity index (χ0n) is 9.21. The summed E-state index contributed by atoms with van der Waals surface area (Å²) in [6, 6.07) is 6.07. The van der Waals surface area contributed by atoms with Crippen LogP contribution in [0.3, 0.4) is 0 Å². The highest BCUT2D eigenvalue weighted by molar-refractivity contribution is 5.43. The van der Waals surface area contributed by atoms with E-state index < -0.39 is 0 Å². The summed E-state index contributed by atoms with van der Waals surface area (Å²) in [5, 5.41) is 8.75. The van der Waals surface area contributed by atoms with Crippen LogP contribution in [0, 0.1) is 0 Å². The molecule has 0 saturated heterocycles. The molecule has 3 nitrogen and oxygen atoms in total. The highest BCUT2D eigenvalue weighted by Gasteiger charge is 2.27. The van der Waals surface area contributed by atoms with Gasteiger partial charge in [0, 0.05) is 12.1 Å². The van der Waals surface area contributed by atoms with E-state index in [1.165, 1.54) is 5.56 Å². The van der Waals surface area contributed by atoms with Gasteiger partial charge in [0.25, 0.3) is 0 Å². The molecule has 0 fully saturated rings. The molecule has 0 bridgehead atoms. The molecule has 0 radical (unpaired) electrons. The molecular weight excluding hydrogens is 190 g/mol. The largest absolute Gasteiger partial charge is 0.487 e. The molecule has 2 rings (SSSR count). The van der Waals surface area contributed by atoms with Gasteiger partial charge in [-0.05, 0) is 32.3 Å². The molecular formula is C12H17NO2. The average molecular weight is 207 g/mol. The number of ether oxygens (including phenoxy) is 1. The smallest absolute Gasteiger partial charge is 0.127 e. The summed E-state index contributed by atoms with van der Waals surface area (Å²) >= 11 is 0. The summed E-state index contributed by atoms with van der Waals surface area (Å²) in [6.45, 7) is 4.62. The van der Waals surface area contributed by atoms with Crippen LogP contribution in [0.2, 0.25) is 0 Å². The topological polar surface area (TPSA) is 41.5 Å². The number of benzene rings is 1. The standard InChI is InChI=1S/C12H17NO2/c1-12(2)7-6-9-4-3-5-10(8-13-14)11(9)15-12/h3-5,13-14H,6-8H2,1-2H3. The van der Waals surface area contributed by atoms with Crippen molar-refractivity contribution < 1.29 is 9.94 Å². The van der Waals surface area contributed by atoms with Crippen molar-refractivity contribution >= 4 is 0 Å². The molecule has 3 heteroatoms. The Morgan fingerprint density at radius 2 is 2.27 bits per heavy atom. The lowest BCUT2D eigenvalue weighted by Crippen LogP contribution is -2.33. The number of fused-ring (bicyclic) bond motifs is 1. The number of nitrogens with one attached hydrogen (secondary N) is 1. The summed E-state index contributed by atoms with van der Waals surface area (Å²) in [5.74, 6) is 0.940. The fourth-order valence-corrected chi connectivity index (χ4v) is 1.95. The van der Waals surface area contributed by atoms with E-state index >= 15 is 0 Å². The highest BCUT2D eigenvalue weighted by Crippen LogP contribution is 2.35. The predicted molar refractivity (Wildman–Crippen MR) is 58.1 cm³/mol. The highest BCUT2D eigenvalue weighted by atomic mass is 16.5. The van der Waals surface area contributed by atoms with E-state index in [9.17, 15) is 0 Å². The lowest BCUT2D eigenvalue weighted by Gasteiger charge is -2.33. The molecule has 0 spiro atoms. The van der Waals surface area contributed by atoms with Crippen LogP contribution in [0.15, 0.2) is 18.2 Å². The summed E-state index contributed by atoms with van der Waals surface area (Å²) in [5.41, 5.74) is 4.34. The SMILES string of the molecule is CC1(C)CCc2cccc(CNO)c2O1. The van der Waals surface area contributed by atoms with E-state index in [0.717, 1.165) is 24.2 Å². The van der Waals surface area contributed by atoms with Gasteiger partial charge in [0.1, 0.15) is 11.4 Å². The molecule has 1 aliphatic rings. The van der Waals surface area contributed by atoms with Gasteiger partial charge < -0.3 is 9.94 Å². The normalized spacial score (nSPS) is 18.1. The van der Waals surface area contributed by atoms with E-state index in [-0.39, 0.29) is 5.60 Å². The van der Waals surface area contributed by atoms with Crippen molar-refractivity contribution in [3.63, 3.8) is 0 Å². The van der Waals surface area contributed by atoms with Crippen molar-refractivity contribution in [2.75, 3.05) is 0 Å². The number of aryl methyl sites for hydroxylation is 1. The molecule has 1 aliphatic heterocycles. The van der Waals surface area contributed by atoms with Gasteiger partial charge in [-0.1, -0.05) is 18.2 Å². The monoisotopic (exact) mass is 207 g/mol. The Morgan fingerprint density at radius 3 is 3.00 bits per heavy atom. The number of hydroxylamine groups is 1. The molecule has 2 N–H and O–H groups in total. The molecule has 15 heavy (non-hydrogen) atoms. The van der Waals surface area contributed by atoms with E-state index in [2.05, 4.69) is 25.4 Å². The Labute approximate surface area is 90.0 Å². The number of hydrogen-bond donors (Lipinski definition) is 2. The van der Waals surface area contributed by atoms with Crippen molar-refractivity contribution in [1.29, 1.82) is 0 Å². The molecule has 0 aromatic heterocycles. The maximum absolute atomic E-state index is 8.75. The van der Waals surface area contributed by atoms with Crippen molar-refractivity contribution in [3.05, 3.63) is 29.3 Å². The lowest BCUT2D eigenvalue weighted by atomic mass is 9.93. The van der Waals surface area contributed by atoms with E-state index in [1.54, 1.807) is 0 Å². The third-order valence-electron chi connectivity index (χ3n) is 2.82. The van der Waals surface area contributed by atoms with E-state index in [4.69, 9.17) is 9.94 Å². The van der Waals surface area contributed by atoms with Crippen LogP contribution in [0.1, 0.15) is 31.4 Å². The van der Waals surface area contributed by atoms with E-state index in [1.807, 2.05) is 12.1 Å². The quantitative estimate of drug-likeness (QED) is 0.731. The summed E-state index contributed by atoms with van der Waals surface area (Å²) in [7, 11) is 0. The average Bonchev–Trinajstić information content (AvgIpc) is 2.18. The minimum absolute atomic E-state index is 0.0987. The molecule has 82 valence electrons. The first-order chi connectivity index (χ1) is 7.12. The molecule has 1 heterocycles. The van der Waals surface area contributed by atoms with Crippen molar-refractivity contribution in [2.24, 2.45) is 0 Å². The lowest BCUT2D eigenvalue weighted by molar-refractivity contribution is 0.0810. The Kier molecular flexibility index (Phi) is 2.67. The molecule has 1 aromatic rings. The molecule has 0 saturated carbocycles. The van der Waals surface area contributed by atoms with Crippen LogP contribution < -0.4 is 10.2 Å². The third-order valence-corrected chi connectivity index (χ3v) is 2.82.